The van der Waals surface area contributed by atoms with Gasteiger partial charge < -0.3 is 10.2 Å². The van der Waals surface area contributed by atoms with Crippen molar-refractivity contribution in [1.29, 1.82) is 0 Å². The lowest BCUT2D eigenvalue weighted by molar-refractivity contribution is 0.0694. The van der Waals surface area contributed by atoms with Crippen LogP contribution in [0.4, 0.5) is 11.4 Å². The normalized spacial score (nSPS) is 11.2. The zero-order valence-electron chi connectivity index (χ0n) is 12.1. The molecule has 0 unspecified atom stereocenters. The fraction of sp³-hybridized carbons (Fsp3) is 0. The van der Waals surface area contributed by atoms with Crippen LogP contribution in [0.25, 0.3) is 10.8 Å². The van der Waals surface area contributed by atoms with Crippen LogP contribution in [0, 0.1) is 0 Å². The Hall–Kier alpha value is -2.63. The summed E-state index contributed by atoms with van der Waals surface area (Å²) in [4.78, 5) is 11.3. The second-order valence-corrected chi connectivity index (χ2v) is 5.79. The van der Waals surface area contributed by atoms with E-state index in [1.165, 1.54) is 12.1 Å². The van der Waals surface area contributed by atoms with Crippen LogP contribution in [-0.2, 0) is 0 Å². The van der Waals surface area contributed by atoms with Gasteiger partial charge in [0.1, 0.15) is 16.9 Å². The minimum atomic E-state index is -1.25. The van der Waals surface area contributed by atoms with Crippen molar-refractivity contribution in [1.82, 2.24) is 0 Å². The first-order valence-electron chi connectivity index (χ1n) is 6.82. The average Bonchev–Trinajstić information content (AvgIpc) is 2.55. The van der Waals surface area contributed by atoms with Crippen LogP contribution < -0.4 is 0 Å². The topological polar surface area (TPSA) is 82.2 Å². The van der Waals surface area contributed by atoms with Gasteiger partial charge in [0.15, 0.2) is 5.75 Å². The standard InChI is InChI=1S/C17H10Cl2N2O3/c18-10-5-6-14(13(19)8-10)20-21-15-11-4-2-1-3-9(11)7-12(16(15)22)17(23)24/h1-8,22H,(H,23,24). The fourth-order valence-corrected chi connectivity index (χ4v) is 2.69. The summed E-state index contributed by atoms with van der Waals surface area (Å²) in [5, 5.41) is 29.5. The molecular weight excluding hydrogens is 351 g/mol. The highest BCUT2D eigenvalue weighted by molar-refractivity contribution is 6.36. The SMILES string of the molecule is O=C(O)c1cc2ccccc2c(N=Nc2ccc(Cl)cc2Cl)c1O. The van der Waals surface area contributed by atoms with Gasteiger partial charge in [-0.15, -0.1) is 10.2 Å². The van der Waals surface area contributed by atoms with Crippen LogP contribution in [0.5, 0.6) is 5.75 Å². The van der Waals surface area contributed by atoms with E-state index >= 15 is 0 Å². The molecule has 3 rings (SSSR count). The third-order valence-corrected chi connectivity index (χ3v) is 3.93. The summed E-state index contributed by atoms with van der Waals surface area (Å²) < 4.78 is 0. The predicted molar refractivity (Wildman–Crippen MR) is 93.2 cm³/mol. The molecule has 120 valence electrons. The highest BCUT2D eigenvalue weighted by Gasteiger charge is 2.17. The molecule has 5 nitrogen and oxygen atoms in total. The first-order chi connectivity index (χ1) is 11.5. The lowest BCUT2D eigenvalue weighted by atomic mass is 10.0. The Labute approximate surface area is 146 Å². The van der Waals surface area contributed by atoms with Crippen LogP contribution in [0.3, 0.4) is 0 Å². The molecule has 3 aromatic carbocycles. The van der Waals surface area contributed by atoms with Crippen LogP contribution in [0.15, 0.2) is 58.8 Å². The van der Waals surface area contributed by atoms with Crippen molar-refractivity contribution in [2.75, 3.05) is 0 Å². The van der Waals surface area contributed by atoms with Crippen molar-refractivity contribution in [2.24, 2.45) is 10.2 Å². The number of nitrogens with zero attached hydrogens (tertiary/aromatic N) is 2. The maximum atomic E-state index is 11.3. The third-order valence-electron chi connectivity index (χ3n) is 3.39. The molecule has 0 saturated heterocycles. The molecule has 0 atom stereocenters. The number of azo groups is 1. The number of hydrogen-bond acceptors (Lipinski definition) is 4. The Morgan fingerprint density at radius 2 is 1.75 bits per heavy atom. The third kappa shape index (κ3) is 3.04. The first kappa shape index (κ1) is 16.2. The fourth-order valence-electron chi connectivity index (χ4n) is 2.25. The number of halogens is 2. The molecule has 0 aromatic heterocycles. The van der Waals surface area contributed by atoms with Gasteiger partial charge in [-0.1, -0.05) is 47.5 Å². The zero-order valence-corrected chi connectivity index (χ0v) is 13.6. The number of benzene rings is 3. The lowest BCUT2D eigenvalue weighted by Gasteiger charge is -2.07. The molecule has 7 heteroatoms. The molecule has 0 saturated carbocycles. The number of carboxylic acids is 1. The highest BCUT2D eigenvalue weighted by atomic mass is 35.5. The highest BCUT2D eigenvalue weighted by Crippen LogP contribution is 2.40. The van der Waals surface area contributed by atoms with Gasteiger partial charge in [0.2, 0.25) is 0 Å². The summed E-state index contributed by atoms with van der Waals surface area (Å²) in [6, 6.07) is 13.1. The number of carbonyl (C=O) groups is 1. The quantitative estimate of drug-likeness (QED) is 0.564. The smallest absolute Gasteiger partial charge is 0.339 e. The van der Waals surface area contributed by atoms with E-state index in [1.54, 1.807) is 36.4 Å². The number of rotatable bonds is 3. The summed E-state index contributed by atoms with van der Waals surface area (Å²) in [6.45, 7) is 0. The van der Waals surface area contributed by atoms with Gasteiger partial charge in [0, 0.05) is 10.4 Å². The number of aromatic hydroxyl groups is 1. The van der Waals surface area contributed by atoms with E-state index in [0.29, 0.717) is 26.5 Å². The van der Waals surface area contributed by atoms with Gasteiger partial charge in [-0.25, -0.2) is 4.79 Å². The Morgan fingerprint density at radius 1 is 1.00 bits per heavy atom. The van der Waals surface area contributed by atoms with Crippen molar-refractivity contribution in [3.63, 3.8) is 0 Å². The van der Waals surface area contributed by atoms with Crippen molar-refractivity contribution in [2.45, 2.75) is 0 Å². The second-order valence-electron chi connectivity index (χ2n) is 4.94. The van der Waals surface area contributed by atoms with E-state index in [-0.39, 0.29) is 11.3 Å². The Kier molecular flexibility index (Phi) is 4.38. The number of phenols is 1. The number of carboxylic acid groups (broad SMARTS) is 1. The molecule has 0 radical (unpaired) electrons. The molecular formula is C17H10Cl2N2O3. The van der Waals surface area contributed by atoms with Gasteiger partial charge >= 0.3 is 5.97 Å². The molecule has 0 fully saturated rings. The second kappa shape index (κ2) is 6.47. The van der Waals surface area contributed by atoms with Crippen LogP contribution in [0.1, 0.15) is 10.4 Å². The van der Waals surface area contributed by atoms with E-state index in [9.17, 15) is 15.0 Å². The molecule has 3 aromatic rings. The number of fused-ring (bicyclic) bond motifs is 1. The van der Waals surface area contributed by atoms with Crippen molar-refractivity contribution in [3.8, 4) is 5.75 Å². The Bertz CT molecular complexity index is 987. The molecule has 0 aliphatic carbocycles. The van der Waals surface area contributed by atoms with Gasteiger partial charge in [0.25, 0.3) is 0 Å². The molecule has 0 heterocycles. The van der Waals surface area contributed by atoms with Crippen LogP contribution >= 0.6 is 23.2 Å². The van der Waals surface area contributed by atoms with Crippen LogP contribution in [0.2, 0.25) is 10.0 Å². The molecule has 24 heavy (non-hydrogen) atoms. The van der Waals surface area contributed by atoms with E-state index in [2.05, 4.69) is 10.2 Å². The summed E-state index contributed by atoms with van der Waals surface area (Å²) >= 11 is 11.9. The van der Waals surface area contributed by atoms with E-state index < -0.39 is 11.7 Å². The molecule has 0 aliphatic heterocycles. The van der Waals surface area contributed by atoms with Gasteiger partial charge in [0.05, 0.1) is 5.02 Å². The van der Waals surface area contributed by atoms with Crippen molar-refractivity contribution < 1.29 is 15.0 Å². The lowest BCUT2D eigenvalue weighted by Crippen LogP contribution is -1.97. The summed E-state index contributed by atoms with van der Waals surface area (Å²) in [5.74, 6) is -1.70. The van der Waals surface area contributed by atoms with E-state index in [1.807, 2.05) is 0 Å². The Morgan fingerprint density at radius 3 is 2.46 bits per heavy atom. The maximum Gasteiger partial charge on any atom is 0.339 e. The monoisotopic (exact) mass is 360 g/mol. The zero-order chi connectivity index (χ0) is 17.3. The Balaban J connectivity index is 2.19. The number of aromatic carboxylic acids is 1. The molecule has 0 bridgehead atoms. The van der Waals surface area contributed by atoms with Gasteiger partial charge in [-0.3, -0.25) is 0 Å². The summed E-state index contributed by atoms with van der Waals surface area (Å²) in [5.41, 5.74) is 0.173. The van der Waals surface area contributed by atoms with Crippen molar-refractivity contribution >= 4 is 51.3 Å². The van der Waals surface area contributed by atoms with E-state index in [4.69, 9.17) is 23.2 Å². The van der Waals surface area contributed by atoms with Gasteiger partial charge in [-0.2, -0.15) is 0 Å². The molecule has 0 spiro atoms. The van der Waals surface area contributed by atoms with Crippen molar-refractivity contribution in [3.05, 3.63) is 64.1 Å². The minimum Gasteiger partial charge on any atom is -0.505 e. The average molecular weight is 361 g/mol. The number of hydrogen-bond donors (Lipinski definition) is 2. The van der Waals surface area contributed by atoms with E-state index in [0.717, 1.165) is 0 Å². The largest absolute Gasteiger partial charge is 0.505 e. The first-order valence-corrected chi connectivity index (χ1v) is 7.58. The molecule has 0 aliphatic rings. The molecule has 2 N–H and O–H groups in total. The minimum absolute atomic E-state index is 0.0662. The predicted octanol–water partition coefficient (Wildman–Crippen LogP) is 5.97. The van der Waals surface area contributed by atoms with Gasteiger partial charge in [-0.05, 0) is 29.7 Å². The molecule has 0 amide bonds. The van der Waals surface area contributed by atoms with Crippen LogP contribution in [-0.4, -0.2) is 16.2 Å². The maximum absolute atomic E-state index is 11.3. The summed E-state index contributed by atoms with van der Waals surface area (Å²) in [6.07, 6.45) is 0. The summed E-state index contributed by atoms with van der Waals surface area (Å²) in [7, 11) is 0.